The van der Waals surface area contributed by atoms with Crippen molar-refractivity contribution in [3.05, 3.63) is 11.9 Å². The Morgan fingerprint density at radius 2 is 2.28 bits per heavy atom. The number of nitrogen functional groups attached to an aromatic ring is 1. The minimum atomic E-state index is -0.196. The number of carbonyl (C=O) groups excluding carboxylic acids is 1. The predicted molar refractivity (Wildman–Crippen MR) is 70.2 cm³/mol. The van der Waals surface area contributed by atoms with Gasteiger partial charge in [-0.05, 0) is 11.8 Å². The molecule has 1 aromatic rings. The molecule has 18 heavy (non-hydrogen) atoms. The second-order valence-corrected chi connectivity index (χ2v) is 5.16. The maximum atomic E-state index is 12.0. The third-order valence-corrected chi connectivity index (χ3v) is 2.89. The van der Waals surface area contributed by atoms with E-state index in [-0.39, 0.29) is 11.3 Å². The van der Waals surface area contributed by atoms with Crippen LogP contribution >= 0.6 is 0 Å². The van der Waals surface area contributed by atoms with Gasteiger partial charge in [-0.25, -0.2) is 0 Å². The van der Waals surface area contributed by atoms with Gasteiger partial charge in [0.05, 0.1) is 11.9 Å². The molecule has 102 valence electrons. The highest BCUT2D eigenvalue weighted by molar-refractivity contribution is 5.97. The summed E-state index contributed by atoms with van der Waals surface area (Å²) in [6.07, 6.45) is 2.36. The molecule has 0 fully saturated rings. The lowest BCUT2D eigenvalue weighted by Crippen LogP contribution is -2.35. The fourth-order valence-corrected chi connectivity index (χ4v) is 1.60. The Morgan fingerprint density at radius 3 is 2.78 bits per heavy atom. The molecule has 0 aliphatic carbocycles. The maximum Gasteiger partial charge on any atom is 0.271 e. The van der Waals surface area contributed by atoms with Crippen LogP contribution in [0.25, 0.3) is 0 Å². The topological polar surface area (TPSA) is 82.2 Å². The molecule has 1 amide bonds. The fraction of sp³-hybridized carbons (Fsp3) is 0.667. The zero-order valence-corrected chi connectivity index (χ0v) is 11.5. The van der Waals surface area contributed by atoms with E-state index in [9.17, 15) is 4.79 Å². The van der Waals surface area contributed by atoms with Gasteiger partial charge in [0.2, 0.25) is 0 Å². The second kappa shape index (κ2) is 5.86. The number of nitrogens with two attached hydrogens (primary N) is 1. The van der Waals surface area contributed by atoms with Gasteiger partial charge < -0.3 is 15.8 Å². The number of aryl methyl sites for hydroxylation is 1. The summed E-state index contributed by atoms with van der Waals surface area (Å²) in [4.78, 5) is 12.0. The summed E-state index contributed by atoms with van der Waals surface area (Å²) < 4.78 is 6.53. The number of hydrogen-bond acceptors (Lipinski definition) is 4. The van der Waals surface area contributed by atoms with E-state index >= 15 is 0 Å². The van der Waals surface area contributed by atoms with E-state index in [0.29, 0.717) is 24.5 Å². The number of nitrogens with one attached hydrogen (secondary N) is 1. The predicted octanol–water partition coefficient (Wildman–Crippen LogP) is 0.795. The molecular weight excluding hydrogens is 232 g/mol. The molecule has 0 aliphatic rings. The quantitative estimate of drug-likeness (QED) is 0.786. The Morgan fingerprint density at radius 1 is 1.61 bits per heavy atom. The lowest BCUT2D eigenvalue weighted by molar-refractivity contribution is 0.0912. The molecule has 0 saturated heterocycles. The molecule has 0 radical (unpaired) electrons. The lowest BCUT2D eigenvalue weighted by atomic mass is 9.89. The SMILES string of the molecule is COCCC(C)(C)CNC(=O)c1c(N)cnn1C. The molecule has 1 heterocycles. The number of methoxy groups -OCH3 is 1. The van der Waals surface area contributed by atoms with E-state index in [0.717, 1.165) is 6.42 Å². The van der Waals surface area contributed by atoms with Crippen LogP contribution < -0.4 is 11.1 Å². The summed E-state index contributed by atoms with van der Waals surface area (Å²) >= 11 is 0. The number of aromatic nitrogens is 2. The van der Waals surface area contributed by atoms with Crippen LogP contribution in [0, 0.1) is 5.41 Å². The van der Waals surface area contributed by atoms with Gasteiger partial charge in [0, 0.05) is 27.3 Å². The maximum absolute atomic E-state index is 12.0. The van der Waals surface area contributed by atoms with Crippen LogP contribution in [0.2, 0.25) is 0 Å². The molecule has 6 heteroatoms. The van der Waals surface area contributed by atoms with Crippen molar-refractivity contribution in [3.63, 3.8) is 0 Å². The minimum absolute atomic E-state index is 0.0149. The molecule has 3 N–H and O–H groups in total. The van der Waals surface area contributed by atoms with E-state index in [1.165, 1.54) is 10.9 Å². The van der Waals surface area contributed by atoms with Crippen LogP contribution in [0.15, 0.2) is 6.20 Å². The molecule has 0 atom stereocenters. The summed E-state index contributed by atoms with van der Waals surface area (Å²) in [6, 6.07) is 0. The number of amides is 1. The second-order valence-electron chi connectivity index (χ2n) is 5.16. The Hall–Kier alpha value is -1.56. The third-order valence-electron chi connectivity index (χ3n) is 2.89. The highest BCUT2D eigenvalue weighted by Crippen LogP contribution is 2.19. The summed E-state index contributed by atoms with van der Waals surface area (Å²) in [5, 5.41) is 6.82. The van der Waals surface area contributed by atoms with Gasteiger partial charge in [-0.2, -0.15) is 5.10 Å². The fourth-order valence-electron chi connectivity index (χ4n) is 1.60. The van der Waals surface area contributed by atoms with Crippen LogP contribution in [-0.4, -0.2) is 35.9 Å². The summed E-state index contributed by atoms with van der Waals surface area (Å²) in [5.74, 6) is -0.196. The minimum Gasteiger partial charge on any atom is -0.396 e. The average Bonchev–Trinajstić information content (AvgIpc) is 2.64. The van der Waals surface area contributed by atoms with Crippen molar-refractivity contribution in [2.45, 2.75) is 20.3 Å². The van der Waals surface area contributed by atoms with Crippen LogP contribution in [0.1, 0.15) is 30.8 Å². The van der Waals surface area contributed by atoms with Crippen molar-refractivity contribution < 1.29 is 9.53 Å². The zero-order valence-electron chi connectivity index (χ0n) is 11.5. The van der Waals surface area contributed by atoms with Crippen LogP contribution in [-0.2, 0) is 11.8 Å². The van der Waals surface area contributed by atoms with Crippen molar-refractivity contribution in [2.24, 2.45) is 12.5 Å². The van der Waals surface area contributed by atoms with E-state index < -0.39 is 0 Å². The molecule has 0 unspecified atom stereocenters. The van der Waals surface area contributed by atoms with Crippen molar-refractivity contribution in [1.82, 2.24) is 15.1 Å². The number of nitrogens with zero attached hydrogens (tertiary/aromatic N) is 2. The smallest absolute Gasteiger partial charge is 0.271 e. The Kier molecular flexibility index (Phi) is 4.72. The average molecular weight is 254 g/mol. The summed E-state index contributed by atoms with van der Waals surface area (Å²) in [6.45, 7) is 5.41. The van der Waals surface area contributed by atoms with E-state index in [4.69, 9.17) is 10.5 Å². The van der Waals surface area contributed by atoms with Crippen molar-refractivity contribution in [3.8, 4) is 0 Å². The Balaban J connectivity index is 2.56. The van der Waals surface area contributed by atoms with Crippen LogP contribution in [0.3, 0.4) is 0 Å². The highest BCUT2D eigenvalue weighted by Gasteiger charge is 2.21. The van der Waals surface area contributed by atoms with E-state index in [2.05, 4.69) is 24.3 Å². The number of hydrogen-bond donors (Lipinski definition) is 2. The molecular formula is C12H22N4O2. The van der Waals surface area contributed by atoms with Gasteiger partial charge in [0.15, 0.2) is 0 Å². The number of carbonyl (C=O) groups is 1. The number of anilines is 1. The first kappa shape index (κ1) is 14.5. The van der Waals surface area contributed by atoms with Gasteiger partial charge in [0.25, 0.3) is 5.91 Å². The first-order valence-corrected chi connectivity index (χ1v) is 5.92. The highest BCUT2D eigenvalue weighted by atomic mass is 16.5. The first-order valence-electron chi connectivity index (χ1n) is 5.92. The molecule has 0 bridgehead atoms. The Labute approximate surface area is 107 Å². The molecule has 1 aromatic heterocycles. The van der Waals surface area contributed by atoms with Crippen molar-refractivity contribution >= 4 is 11.6 Å². The van der Waals surface area contributed by atoms with Gasteiger partial charge >= 0.3 is 0 Å². The normalized spacial score (nSPS) is 11.6. The monoisotopic (exact) mass is 254 g/mol. The zero-order chi connectivity index (χ0) is 13.8. The van der Waals surface area contributed by atoms with E-state index in [1.54, 1.807) is 14.2 Å². The van der Waals surface area contributed by atoms with Crippen molar-refractivity contribution in [1.29, 1.82) is 0 Å². The third kappa shape index (κ3) is 3.73. The largest absolute Gasteiger partial charge is 0.396 e. The van der Waals surface area contributed by atoms with E-state index in [1.807, 2.05) is 0 Å². The standard InChI is InChI=1S/C12H22N4O2/c1-12(2,5-6-18-4)8-14-11(17)10-9(13)7-15-16(10)3/h7H,5-6,8,13H2,1-4H3,(H,14,17). The summed E-state index contributed by atoms with van der Waals surface area (Å²) in [5.41, 5.74) is 6.48. The molecule has 0 spiro atoms. The van der Waals surface area contributed by atoms with Crippen LogP contribution in [0.4, 0.5) is 5.69 Å². The molecule has 0 saturated carbocycles. The lowest BCUT2D eigenvalue weighted by Gasteiger charge is -2.24. The first-order chi connectivity index (χ1) is 8.37. The van der Waals surface area contributed by atoms with Gasteiger partial charge in [-0.1, -0.05) is 13.8 Å². The molecule has 0 aromatic carbocycles. The molecule has 1 rings (SSSR count). The van der Waals surface area contributed by atoms with Gasteiger partial charge in [0.1, 0.15) is 5.69 Å². The van der Waals surface area contributed by atoms with Crippen molar-refractivity contribution in [2.75, 3.05) is 26.0 Å². The van der Waals surface area contributed by atoms with Gasteiger partial charge in [-0.15, -0.1) is 0 Å². The number of rotatable bonds is 6. The molecule has 0 aliphatic heterocycles. The van der Waals surface area contributed by atoms with Gasteiger partial charge in [-0.3, -0.25) is 9.48 Å². The molecule has 6 nitrogen and oxygen atoms in total. The van der Waals surface area contributed by atoms with Crippen LogP contribution in [0.5, 0.6) is 0 Å². The summed E-state index contributed by atoms with van der Waals surface area (Å²) in [7, 11) is 3.37. The Bertz CT molecular complexity index is 393. The number of ether oxygens (including phenoxy) is 1.